The van der Waals surface area contributed by atoms with Crippen molar-refractivity contribution in [3.8, 4) is 0 Å². The van der Waals surface area contributed by atoms with Gasteiger partial charge in [0.05, 0.1) is 6.61 Å². The normalized spacial score (nSPS) is 18.1. The predicted octanol–water partition coefficient (Wildman–Crippen LogP) is 2.62. The van der Waals surface area contributed by atoms with Gasteiger partial charge in [0.1, 0.15) is 12.6 Å². The van der Waals surface area contributed by atoms with Crippen LogP contribution >= 0.6 is 11.3 Å². The van der Waals surface area contributed by atoms with E-state index in [1.807, 2.05) is 48.7 Å². The summed E-state index contributed by atoms with van der Waals surface area (Å²) < 4.78 is 5.11. The molecule has 2 amide bonds. The quantitative estimate of drug-likeness (QED) is 0.798. The van der Waals surface area contributed by atoms with Crippen LogP contribution in [0.2, 0.25) is 0 Å². The highest BCUT2D eigenvalue weighted by molar-refractivity contribution is 7.10. The van der Waals surface area contributed by atoms with E-state index in [1.54, 1.807) is 16.9 Å². The van der Waals surface area contributed by atoms with Gasteiger partial charge >= 0.3 is 0 Å². The van der Waals surface area contributed by atoms with E-state index < -0.39 is 6.04 Å². The molecule has 0 radical (unpaired) electrons. The second kappa shape index (κ2) is 7.80. The molecular weight excluding hydrogens is 336 g/mol. The van der Waals surface area contributed by atoms with Crippen molar-refractivity contribution < 1.29 is 14.3 Å². The summed E-state index contributed by atoms with van der Waals surface area (Å²) in [5, 5.41) is 1.93. The fraction of sp³-hybridized carbons (Fsp3) is 0.368. The van der Waals surface area contributed by atoms with Gasteiger partial charge in [-0.3, -0.25) is 9.59 Å². The summed E-state index contributed by atoms with van der Waals surface area (Å²) in [6.45, 7) is 3.42. The van der Waals surface area contributed by atoms with E-state index in [0.717, 1.165) is 10.4 Å². The highest BCUT2D eigenvalue weighted by Crippen LogP contribution is 2.31. The van der Waals surface area contributed by atoms with Gasteiger partial charge in [0, 0.05) is 25.1 Å². The van der Waals surface area contributed by atoms with E-state index in [1.165, 1.54) is 16.9 Å². The van der Waals surface area contributed by atoms with E-state index in [-0.39, 0.29) is 18.4 Å². The molecule has 0 unspecified atom stereocenters. The van der Waals surface area contributed by atoms with Crippen molar-refractivity contribution in [3.05, 3.63) is 57.8 Å². The zero-order valence-corrected chi connectivity index (χ0v) is 15.3. The minimum Gasteiger partial charge on any atom is -0.383 e. The Balaban J connectivity index is 1.84. The second-order valence-electron chi connectivity index (χ2n) is 6.18. The van der Waals surface area contributed by atoms with Gasteiger partial charge in [-0.1, -0.05) is 35.9 Å². The highest BCUT2D eigenvalue weighted by Gasteiger charge is 2.40. The first-order valence-electron chi connectivity index (χ1n) is 8.26. The number of piperazine rings is 1. The molecule has 6 heteroatoms. The molecule has 0 saturated carbocycles. The van der Waals surface area contributed by atoms with Crippen molar-refractivity contribution in [2.24, 2.45) is 0 Å². The molecule has 0 bridgehead atoms. The second-order valence-corrected chi connectivity index (χ2v) is 7.16. The zero-order valence-electron chi connectivity index (χ0n) is 14.5. The Kier molecular flexibility index (Phi) is 5.50. The van der Waals surface area contributed by atoms with Gasteiger partial charge in [0.2, 0.25) is 5.91 Å². The lowest BCUT2D eigenvalue weighted by molar-refractivity contribution is -0.157. The smallest absolute Gasteiger partial charge is 0.251 e. The molecule has 1 aromatic heterocycles. The summed E-state index contributed by atoms with van der Waals surface area (Å²) >= 11 is 1.50. The monoisotopic (exact) mass is 358 g/mol. The molecular formula is C19H22N2O3S. The van der Waals surface area contributed by atoms with Gasteiger partial charge in [0.15, 0.2) is 0 Å². The van der Waals surface area contributed by atoms with Crippen molar-refractivity contribution in [2.75, 3.05) is 26.8 Å². The number of carbonyl (C=O) groups is 2. The first kappa shape index (κ1) is 17.6. The molecule has 132 valence electrons. The number of amides is 2. The lowest BCUT2D eigenvalue weighted by Gasteiger charge is -2.40. The van der Waals surface area contributed by atoms with Crippen LogP contribution in [-0.2, 0) is 20.9 Å². The third-order valence-corrected chi connectivity index (χ3v) is 5.27. The maximum atomic E-state index is 13.1. The SMILES string of the molecule is COCCN1C(=O)CN(Cc2ccc(C)cc2)C(=O)[C@@H]1c1cccs1. The molecule has 1 aliphatic heterocycles. The number of benzene rings is 1. The fourth-order valence-corrected chi connectivity index (χ4v) is 3.82. The molecule has 0 aliphatic carbocycles. The third kappa shape index (κ3) is 3.91. The number of hydrogen-bond donors (Lipinski definition) is 0. The lowest BCUT2D eigenvalue weighted by atomic mass is 10.1. The Morgan fingerprint density at radius 3 is 2.60 bits per heavy atom. The Morgan fingerprint density at radius 2 is 1.96 bits per heavy atom. The lowest BCUT2D eigenvalue weighted by Crippen LogP contribution is -2.55. The number of aryl methyl sites for hydroxylation is 1. The number of carbonyl (C=O) groups excluding carboxylic acids is 2. The molecule has 2 heterocycles. The van der Waals surface area contributed by atoms with Crippen LogP contribution in [0, 0.1) is 6.92 Å². The summed E-state index contributed by atoms with van der Waals surface area (Å²) in [7, 11) is 1.60. The molecule has 1 saturated heterocycles. The summed E-state index contributed by atoms with van der Waals surface area (Å²) in [5.74, 6) is -0.0686. The van der Waals surface area contributed by atoms with Crippen molar-refractivity contribution >= 4 is 23.2 Å². The molecule has 2 aromatic rings. The number of thiophene rings is 1. The molecule has 1 aromatic carbocycles. The molecule has 1 aliphatic rings. The minimum atomic E-state index is -0.554. The summed E-state index contributed by atoms with van der Waals surface area (Å²) in [6.07, 6.45) is 0. The van der Waals surface area contributed by atoms with Crippen molar-refractivity contribution in [1.82, 2.24) is 9.80 Å². The van der Waals surface area contributed by atoms with E-state index >= 15 is 0 Å². The molecule has 1 atom stereocenters. The Hall–Kier alpha value is -2.18. The maximum absolute atomic E-state index is 13.1. The summed E-state index contributed by atoms with van der Waals surface area (Å²) in [5.41, 5.74) is 2.20. The topological polar surface area (TPSA) is 49.9 Å². The van der Waals surface area contributed by atoms with Crippen LogP contribution in [0.5, 0.6) is 0 Å². The van der Waals surface area contributed by atoms with Gasteiger partial charge in [-0.05, 0) is 23.9 Å². The average molecular weight is 358 g/mol. The number of rotatable bonds is 6. The van der Waals surface area contributed by atoms with Crippen LogP contribution in [-0.4, -0.2) is 48.4 Å². The number of nitrogens with zero attached hydrogens (tertiary/aromatic N) is 2. The van der Waals surface area contributed by atoms with Crippen LogP contribution in [0.4, 0.5) is 0 Å². The van der Waals surface area contributed by atoms with Gasteiger partial charge in [0.25, 0.3) is 5.91 Å². The van der Waals surface area contributed by atoms with Gasteiger partial charge in [-0.2, -0.15) is 0 Å². The first-order chi connectivity index (χ1) is 12.1. The van der Waals surface area contributed by atoms with Gasteiger partial charge in [-0.15, -0.1) is 11.3 Å². The van der Waals surface area contributed by atoms with E-state index in [0.29, 0.717) is 19.7 Å². The number of ether oxygens (including phenoxy) is 1. The standard InChI is InChI=1S/C19H22N2O3S/c1-14-5-7-15(8-6-14)12-20-13-17(22)21(9-10-24-2)18(19(20)23)16-4-3-11-25-16/h3-8,11,18H,9-10,12-13H2,1-2H3/t18-/m0/s1. The average Bonchev–Trinajstić information content (AvgIpc) is 3.12. The predicted molar refractivity (Wildman–Crippen MR) is 97.2 cm³/mol. The molecule has 0 N–H and O–H groups in total. The van der Waals surface area contributed by atoms with E-state index in [2.05, 4.69) is 0 Å². The van der Waals surface area contributed by atoms with Crippen LogP contribution in [0.1, 0.15) is 22.0 Å². The molecule has 5 nitrogen and oxygen atoms in total. The summed E-state index contributed by atoms with van der Waals surface area (Å²) in [4.78, 5) is 30.0. The van der Waals surface area contributed by atoms with Crippen LogP contribution in [0.15, 0.2) is 41.8 Å². The Bertz CT molecular complexity index is 728. The van der Waals surface area contributed by atoms with Crippen LogP contribution in [0.25, 0.3) is 0 Å². The minimum absolute atomic E-state index is 0.0290. The molecule has 3 rings (SSSR count). The van der Waals surface area contributed by atoms with Crippen molar-refractivity contribution in [1.29, 1.82) is 0 Å². The number of hydrogen-bond acceptors (Lipinski definition) is 4. The van der Waals surface area contributed by atoms with Crippen molar-refractivity contribution in [3.63, 3.8) is 0 Å². The van der Waals surface area contributed by atoms with Gasteiger partial charge < -0.3 is 14.5 Å². The van der Waals surface area contributed by atoms with E-state index in [9.17, 15) is 9.59 Å². The maximum Gasteiger partial charge on any atom is 0.251 e. The van der Waals surface area contributed by atoms with Crippen LogP contribution in [0.3, 0.4) is 0 Å². The highest BCUT2D eigenvalue weighted by atomic mass is 32.1. The largest absolute Gasteiger partial charge is 0.383 e. The Morgan fingerprint density at radius 1 is 1.20 bits per heavy atom. The Labute approximate surface area is 151 Å². The fourth-order valence-electron chi connectivity index (χ4n) is 3.00. The molecule has 25 heavy (non-hydrogen) atoms. The molecule has 1 fully saturated rings. The van der Waals surface area contributed by atoms with E-state index in [4.69, 9.17) is 4.74 Å². The first-order valence-corrected chi connectivity index (χ1v) is 9.14. The van der Waals surface area contributed by atoms with Crippen molar-refractivity contribution in [2.45, 2.75) is 19.5 Å². The van der Waals surface area contributed by atoms with Crippen LogP contribution < -0.4 is 0 Å². The zero-order chi connectivity index (χ0) is 17.8. The summed E-state index contributed by atoms with van der Waals surface area (Å²) in [6, 6.07) is 11.3. The number of methoxy groups -OCH3 is 1. The third-order valence-electron chi connectivity index (χ3n) is 4.35. The van der Waals surface area contributed by atoms with Gasteiger partial charge in [-0.25, -0.2) is 0 Å². The molecule has 0 spiro atoms.